The van der Waals surface area contributed by atoms with E-state index in [0.717, 1.165) is 56.7 Å². The third-order valence-corrected chi connectivity index (χ3v) is 6.46. The molecule has 2 aromatic heterocycles. The molecule has 166 valence electrons. The highest BCUT2D eigenvalue weighted by atomic mass is 16.6. The number of aryl methyl sites for hydroxylation is 2. The quantitative estimate of drug-likeness (QED) is 0.344. The van der Waals surface area contributed by atoms with Crippen LogP contribution in [-0.2, 0) is 20.0 Å². The van der Waals surface area contributed by atoms with Crippen molar-refractivity contribution in [2.24, 2.45) is 7.05 Å². The van der Waals surface area contributed by atoms with Gasteiger partial charge in [0.15, 0.2) is 11.6 Å². The molecular formula is C22H25N7O3. The first kappa shape index (κ1) is 20.3. The maximum Gasteiger partial charge on any atom is 0.293 e. The van der Waals surface area contributed by atoms with Crippen molar-refractivity contribution in [1.82, 2.24) is 24.3 Å². The van der Waals surface area contributed by atoms with Crippen molar-refractivity contribution in [1.29, 1.82) is 0 Å². The Morgan fingerprint density at radius 3 is 2.78 bits per heavy atom. The summed E-state index contributed by atoms with van der Waals surface area (Å²) in [5.41, 5.74) is 0.697. The molecule has 3 aromatic rings. The van der Waals surface area contributed by atoms with Crippen molar-refractivity contribution in [2.75, 3.05) is 11.4 Å². The van der Waals surface area contributed by atoms with Gasteiger partial charge in [-0.2, -0.15) is 0 Å². The van der Waals surface area contributed by atoms with E-state index in [4.69, 9.17) is 0 Å². The smallest absolute Gasteiger partial charge is 0.293 e. The number of nitro benzene ring substituents is 1. The van der Waals surface area contributed by atoms with Crippen molar-refractivity contribution >= 4 is 17.2 Å². The Kier molecular flexibility index (Phi) is 5.20. The van der Waals surface area contributed by atoms with Gasteiger partial charge in [-0.3, -0.25) is 14.9 Å². The molecule has 0 spiro atoms. The van der Waals surface area contributed by atoms with Crippen LogP contribution in [0.1, 0.15) is 66.0 Å². The maximum absolute atomic E-state index is 12.9. The highest BCUT2D eigenvalue weighted by Crippen LogP contribution is 2.40. The fourth-order valence-corrected chi connectivity index (χ4v) is 4.83. The Morgan fingerprint density at radius 2 is 2.00 bits per heavy atom. The number of fused-ring (bicyclic) bond motifs is 1. The van der Waals surface area contributed by atoms with E-state index in [0.29, 0.717) is 12.2 Å². The van der Waals surface area contributed by atoms with E-state index in [1.165, 1.54) is 12.3 Å². The van der Waals surface area contributed by atoms with Gasteiger partial charge < -0.3 is 14.0 Å². The molecule has 32 heavy (non-hydrogen) atoms. The molecule has 1 aromatic carbocycles. The minimum Gasteiger partial charge on any atom is -0.356 e. The first-order valence-corrected chi connectivity index (χ1v) is 11.0. The monoisotopic (exact) mass is 435 g/mol. The molecule has 0 amide bonds. The van der Waals surface area contributed by atoms with E-state index < -0.39 is 4.92 Å². The Morgan fingerprint density at radius 1 is 1.16 bits per heavy atom. The van der Waals surface area contributed by atoms with E-state index in [1.807, 2.05) is 0 Å². The van der Waals surface area contributed by atoms with Crippen LogP contribution in [0.5, 0.6) is 0 Å². The molecule has 4 heterocycles. The van der Waals surface area contributed by atoms with Gasteiger partial charge in [-0.1, -0.05) is 0 Å². The van der Waals surface area contributed by atoms with E-state index in [-0.39, 0.29) is 28.9 Å². The third-order valence-electron chi connectivity index (χ3n) is 6.46. The van der Waals surface area contributed by atoms with Crippen LogP contribution in [0.2, 0.25) is 0 Å². The summed E-state index contributed by atoms with van der Waals surface area (Å²) < 4.78 is 3.80. The molecule has 1 unspecified atom stereocenters. The summed E-state index contributed by atoms with van der Waals surface area (Å²) >= 11 is 0. The van der Waals surface area contributed by atoms with Crippen LogP contribution in [0.25, 0.3) is 0 Å². The van der Waals surface area contributed by atoms with Gasteiger partial charge in [0.05, 0.1) is 11.0 Å². The first-order chi connectivity index (χ1) is 15.5. The van der Waals surface area contributed by atoms with Gasteiger partial charge in [-0.05, 0) is 44.2 Å². The SMILES string of the molecule is Cn1ccnc1C(=O)c1ccc(N2CCCCC2c2nnc3n2CCCC3)c([N+](=O)[O-])c1. The predicted molar refractivity (Wildman–Crippen MR) is 117 cm³/mol. The summed E-state index contributed by atoms with van der Waals surface area (Å²) in [6.45, 7) is 1.58. The third kappa shape index (κ3) is 3.45. The summed E-state index contributed by atoms with van der Waals surface area (Å²) in [5.74, 6) is 1.80. The summed E-state index contributed by atoms with van der Waals surface area (Å²) in [7, 11) is 1.72. The molecular weight excluding hydrogens is 410 g/mol. The zero-order chi connectivity index (χ0) is 22.2. The normalized spacial score (nSPS) is 18.4. The highest BCUT2D eigenvalue weighted by Gasteiger charge is 2.34. The van der Waals surface area contributed by atoms with Crippen molar-refractivity contribution in [3.8, 4) is 0 Å². The molecule has 1 atom stereocenters. The van der Waals surface area contributed by atoms with E-state index in [1.54, 1.807) is 29.9 Å². The van der Waals surface area contributed by atoms with Gasteiger partial charge in [-0.25, -0.2) is 4.98 Å². The summed E-state index contributed by atoms with van der Waals surface area (Å²) in [6, 6.07) is 4.65. The van der Waals surface area contributed by atoms with Gasteiger partial charge in [-0.15, -0.1) is 10.2 Å². The minimum absolute atomic E-state index is 0.0714. The van der Waals surface area contributed by atoms with Gasteiger partial charge in [0, 0.05) is 50.6 Å². The number of carbonyl (C=O) groups excluding carboxylic acids is 1. The molecule has 10 heteroatoms. The molecule has 0 N–H and O–H groups in total. The van der Waals surface area contributed by atoms with Crippen LogP contribution in [-0.4, -0.2) is 41.6 Å². The van der Waals surface area contributed by atoms with E-state index in [2.05, 4.69) is 24.6 Å². The lowest BCUT2D eigenvalue weighted by Gasteiger charge is -2.37. The second-order valence-corrected chi connectivity index (χ2v) is 8.44. The van der Waals surface area contributed by atoms with Crippen LogP contribution < -0.4 is 4.90 Å². The van der Waals surface area contributed by atoms with Crippen molar-refractivity contribution in [2.45, 2.75) is 51.1 Å². The Hall–Kier alpha value is -3.56. The number of aromatic nitrogens is 5. The number of ketones is 1. The Balaban J connectivity index is 1.53. The van der Waals surface area contributed by atoms with Gasteiger partial charge >= 0.3 is 0 Å². The average Bonchev–Trinajstić information content (AvgIpc) is 3.44. The number of piperidine rings is 1. The maximum atomic E-state index is 12.9. The van der Waals surface area contributed by atoms with Crippen LogP contribution in [0.4, 0.5) is 11.4 Å². The summed E-state index contributed by atoms with van der Waals surface area (Å²) in [6.07, 6.45) is 9.18. The lowest BCUT2D eigenvalue weighted by Crippen LogP contribution is -2.36. The number of imidazole rings is 1. The number of nitro groups is 1. The molecule has 2 aliphatic rings. The zero-order valence-electron chi connectivity index (χ0n) is 18.0. The van der Waals surface area contributed by atoms with Crippen LogP contribution in [0.3, 0.4) is 0 Å². The number of anilines is 1. The van der Waals surface area contributed by atoms with Gasteiger partial charge in [0.2, 0.25) is 5.78 Å². The fourth-order valence-electron chi connectivity index (χ4n) is 4.83. The molecule has 1 saturated heterocycles. The van der Waals surface area contributed by atoms with Gasteiger partial charge in [0.25, 0.3) is 5.69 Å². The molecule has 1 fully saturated rings. The molecule has 2 aliphatic heterocycles. The van der Waals surface area contributed by atoms with E-state index >= 15 is 0 Å². The fraction of sp³-hybridized carbons (Fsp3) is 0.455. The largest absolute Gasteiger partial charge is 0.356 e. The first-order valence-electron chi connectivity index (χ1n) is 11.0. The molecule has 5 rings (SSSR count). The summed E-state index contributed by atoms with van der Waals surface area (Å²) in [4.78, 5) is 30.6. The lowest BCUT2D eigenvalue weighted by molar-refractivity contribution is -0.384. The second-order valence-electron chi connectivity index (χ2n) is 8.44. The summed E-state index contributed by atoms with van der Waals surface area (Å²) in [5, 5.41) is 20.9. The van der Waals surface area contributed by atoms with Crippen molar-refractivity contribution in [3.05, 3.63) is 63.7 Å². The number of nitrogens with zero attached hydrogens (tertiary/aromatic N) is 7. The van der Waals surface area contributed by atoms with Crippen LogP contribution >= 0.6 is 0 Å². The second kappa shape index (κ2) is 8.18. The lowest BCUT2D eigenvalue weighted by atomic mass is 9.98. The van der Waals surface area contributed by atoms with Crippen molar-refractivity contribution in [3.63, 3.8) is 0 Å². The minimum atomic E-state index is -0.407. The molecule has 0 radical (unpaired) electrons. The predicted octanol–water partition coefficient (Wildman–Crippen LogP) is 3.22. The average molecular weight is 435 g/mol. The Bertz CT molecular complexity index is 1180. The number of hydrogen-bond donors (Lipinski definition) is 0. The molecule has 0 saturated carbocycles. The zero-order valence-corrected chi connectivity index (χ0v) is 18.0. The van der Waals surface area contributed by atoms with Crippen LogP contribution in [0, 0.1) is 10.1 Å². The molecule has 10 nitrogen and oxygen atoms in total. The number of benzene rings is 1. The standard InChI is InChI=1S/C22H25N7O3/c1-26-13-10-23-22(26)20(30)15-8-9-16(18(14-15)29(31)32)27-11-4-2-6-17(27)21-25-24-19-7-3-5-12-28(19)21/h8-10,13-14,17H,2-7,11-12H2,1H3. The van der Waals surface area contributed by atoms with Crippen molar-refractivity contribution < 1.29 is 9.72 Å². The van der Waals surface area contributed by atoms with Crippen LogP contribution in [0.15, 0.2) is 30.6 Å². The molecule has 0 bridgehead atoms. The molecule has 0 aliphatic carbocycles. The van der Waals surface area contributed by atoms with Gasteiger partial charge in [0.1, 0.15) is 11.5 Å². The highest BCUT2D eigenvalue weighted by molar-refractivity contribution is 6.07. The Labute approximate surface area is 185 Å². The van der Waals surface area contributed by atoms with E-state index in [9.17, 15) is 14.9 Å². The number of rotatable bonds is 5. The topological polar surface area (TPSA) is 112 Å². The number of hydrogen-bond acceptors (Lipinski definition) is 7. The number of carbonyl (C=O) groups is 1.